The fourth-order valence-electron chi connectivity index (χ4n) is 3.03. The van der Waals surface area contributed by atoms with E-state index in [1.165, 1.54) is 19.3 Å². The molecule has 0 amide bonds. The maximum absolute atomic E-state index is 12.7. The third-order valence-corrected chi connectivity index (χ3v) is 4.79. The van der Waals surface area contributed by atoms with Gasteiger partial charge in [0.2, 0.25) is 0 Å². The first-order chi connectivity index (χ1) is 15.5. The van der Waals surface area contributed by atoms with E-state index in [0.29, 0.717) is 28.2 Å². The van der Waals surface area contributed by atoms with Crippen LogP contribution in [0.15, 0.2) is 72.5 Å². The van der Waals surface area contributed by atoms with Crippen molar-refractivity contribution in [1.82, 2.24) is 0 Å². The van der Waals surface area contributed by atoms with Crippen molar-refractivity contribution in [3.05, 3.63) is 94.8 Å². The Morgan fingerprint density at radius 3 is 2.16 bits per heavy atom. The normalized spacial score (nSPS) is 12.1. The zero-order chi connectivity index (χ0) is 23.5. The standard InChI is InChI=1S/C26H28O6/c1-4-5-22(23(29)11-7-18-6-10-20(16-27)21(14-18)17-28)24(30)12-8-19-9-13-25(31-2)26(15-19)32-3/h4,6-15,27-29H,1,5,16-17H2,2-3H3/b11-7+,12-8+,23-22-. The first kappa shape index (κ1) is 24.7. The molecule has 6 nitrogen and oxygen atoms in total. The summed E-state index contributed by atoms with van der Waals surface area (Å²) in [4.78, 5) is 12.7. The molecule has 0 aromatic heterocycles. The molecule has 168 valence electrons. The van der Waals surface area contributed by atoms with Crippen molar-refractivity contribution in [3.63, 3.8) is 0 Å². The highest BCUT2D eigenvalue weighted by molar-refractivity contribution is 6.07. The van der Waals surface area contributed by atoms with Gasteiger partial charge in [-0.05, 0) is 59.0 Å². The van der Waals surface area contributed by atoms with Crippen LogP contribution in [0.5, 0.6) is 11.5 Å². The van der Waals surface area contributed by atoms with E-state index in [1.54, 1.807) is 61.7 Å². The fraction of sp³-hybridized carbons (Fsp3) is 0.192. The minimum absolute atomic E-state index is 0.171. The summed E-state index contributed by atoms with van der Waals surface area (Å²) < 4.78 is 10.5. The molecule has 0 saturated carbocycles. The van der Waals surface area contributed by atoms with Crippen molar-refractivity contribution in [3.8, 4) is 11.5 Å². The third kappa shape index (κ3) is 6.44. The number of benzene rings is 2. The maximum Gasteiger partial charge on any atom is 0.185 e. The van der Waals surface area contributed by atoms with Gasteiger partial charge >= 0.3 is 0 Å². The van der Waals surface area contributed by atoms with Gasteiger partial charge in [0.05, 0.1) is 27.4 Å². The monoisotopic (exact) mass is 436 g/mol. The minimum atomic E-state index is -0.353. The number of ether oxygens (including phenoxy) is 2. The quantitative estimate of drug-likeness (QED) is 0.209. The Hall–Kier alpha value is -3.61. The third-order valence-electron chi connectivity index (χ3n) is 4.79. The Morgan fingerprint density at radius 2 is 1.53 bits per heavy atom. The summed E-state index contributed by atoms with van der Waals surface area (Å²) in [5.41, 5.74) is 2.88. The van der Waals surface area contributed by atoms with Crippen LogP contribution in [-0.4, -0.2) is 35.3 Å². The Balaban J connectivity index is 2.27. The minimum Gasteiger partial charge on any atom is -0.508 e. The van der Waals surface area contributed by atoms with E-state index in [2.05, 4.69) is 6.58 Å². The molecule has 0 atom stereocenters. The molecule has 0 radical (unpaired) electrons. The van der Waals surface area contributed by atoms with Gasteiger partial charge in [0.25, 0.3) is 0 Å². The van der Waals surface area contributed by atoms with E-state index in [9.17, 15) is 20.1 Å². The van der Waals surface area contributed by atoms with Crippen LogP contribution in [0, 0.1) is 0 Å². The number of hydrogen-bond donors (Lipinski definition) is 3. The van der Waals surface area contributed by atoms with Crippen LogP contribution in [0.4, 0.5) is 0 Å². The van der Waals surface area contributed by atoms with Crippen LogP contribution in [0.25, 0.3) is 12.2 Å². The summed E-state index contributed by atoms with van der Waals surface area (Å²) in [6, 6.07) is 10.4. The van der Waals surface area contributed by atoms with Gasteiger partial charge in [-0.2, -0.15) is 0 Å². The van der Waals surface area contributed by atoms with Crippen molar-refractivity contribution in [2.24, 2.45) is 0 Å². The second-order valence-electron chi connectivity index (χ2n) is 6.85. The van der Waals surface area contributed by atoms with Gasteiger partial charge in [-0.3, -0.25) is 4.79 Å². The number of carbonyl (C=O) groups excluding carboxylic acids is 1. The van der Waals surface area contributed by atoms with Gasteiger partial charge in [0.15, 0.2) is 17.3 Å². The zero-order valence-corrected chi connectivity index (χ0v) is 18.2. The molecule has 3 N–H and O–H groups in total. The first-order valence-electron chi connectivity index (χ1n) is 9.96. The molecule has 0 heterocycles. The van der Waals surface area contributed by atoms with Gasteiger partial charge in [0, 0.05) is 5.57 Å². The van der Waals surface area contributed by atoms with E-state index in [-0.39, 0.29) is 36.8 Å². The molecule has 2 aromatic carbocycles. The van der Waals surface area contributed by atoms with Crippen LogP contribution in [-0.2, 0) is 18.0 Å². The lowest BCUT2D eigenvalue weighted by atomic mass is 10.0. The Kier molecular flexibility index (Phi) is 9.47. The Labute approximate surface area is 188 Å². The van der Waals surface area contributed by atoms with Crippen LogP contribution in [0.3, 0.4) is 0 Å². The number of hydrogen-bond acceptors (Lipinski definition) is 6. The highest BCUT2D eigenvalue weighted by Crippen LogP contribution is 2.28. The number of ketones is 1. The highest BCUT2D eigenvalue weighted by atomic mass is 16.5. The lowest BCUT2D eigenvalue weighted by Gasteiger charge is -2.08. The Morgan fingerprint density at radius 1 is 0.906 bits per heavy atom. The van der Waals surface area contributed by atoms with Crippen LogP contribution < -0.4 is 9.47 Å². The molecule has 2 aromatic rings. The number of aliphatic hydroxyl groups excluding tert-OH is 3. The van der Waals surface area contributed by atoms with E-state index in [0.717, 1.165) is 5.56 Å². The number of carbonyl (C=O) groups is 1. The van der Waals surface area contributed by atoms with Crippen molar-refractivity contribution >= 4 is 17.9 Å². The topological polar surface area (TPSA) is 96.2 Å². The summed E-state index contributed by atoms with van der Waals surface area (Å²) in [7, 11) is 3.08. The lowest BCUT2D eigenvalue weighted by Crippen LogP contribution is -2.01. The summed E-state index contributed by atoms with van der Waals surface area (Å²) in [5, 5.41) is 29.2. The van der Waals surface area contributed by atoms with Crippen molar-refractivity contribution in [1.29, 1.82) is 0 Å². The first-order valence-corrected chi connectivity index (χ1v) is 9.96. The Bertz CT molecular complexity index is 1050. The van der Waals surface area contributed by atoms with Crippen LogP contribution in [0.2, 0.25) is 0 Å². The smallest absolute Gasteiger partial charge is 0.185 e. The highest BCUT2D eigenvalue weighted by Gasteiger charge is 2.11. The predicted molar refractivity (Wildman–Crippen MR) is 125 cm³/mol. The average Bonchev–Trinajstić information content (AvgIpc) is 2.83. The summed E-state index contributed by atoms with van der Waals surface area (Å²) in [6.07, 6.45) is 7.80. The summed E-state index contributed by atoms with van der Waals surface area (Å²) >= 11 is 0. The maximum atomic E-state index is 12.7. The molecule has 0 aliphatic heterocycles. The zero-order valence-electron chi connectivity index (χ0n) is 18.2. The second kappa shape index (κ2) is 12.3. The summed E-state index contributed by atoms with van der Waals surface area (Å²) in [5.74, 6) is 0.601. The largest absolute Gasteiger partial charge is 0.508 e. The molecule has 0 aliphatic carbocycles. The van der Waals surface area contributed by atoms with Crippen molar-refractivity contribution in [2.75, 3.05) is 14.2 Å². The van der Waals surface area contributed by atoms with E-state index in [4.69, 9.17) is 9.47 Å². The van der Waals surface area contributed by atoms with Crippen molar-refractivity contribution in [2.45, 2.75) is 19.6 Å². The van der Waals surface area contributed by atoms with E-state index in [1.807, 2.05) is 0 Å². The van der Waals surface area contributed by atoms with E-state index < -0.39 is 0 Å². The summed E-state index contributed by atoms with van der Waals surface area (Å²) in [6.45, 7) is 3.28. The molecule has 32 heavy (non-hydrogen) atoms. The fourth-order valence-corrected chi connectivity index (χ4v) is 3.03. The predicted octanol–water partition coefficient (Wildman–Crippen LogP) is 4.37. The molecule has 6 heteroatoms. The molecule has 0 spiro atoms. The van der Waals surface area contributed by atoms with Crippen molar-refractivity contribution < 1.29 is 29.6 Å². The number of aliphatic hydroxyl groups is 3. The number of allylic oxidation sites excluding steroid dienone is 4. The van der Waals surface area contributed by atoms with Crippen LogP contribution >= 0.6 is 0 Å². The molecule has 0 aliphatic rings. The molecule has 2 rings (SSSR count). The van der Waals surface area contributed by atoms with E-state index >= 15 is 0 Å². The molecular weight excluding hydrogens is 408 g/mol. The molecular formula is C26H28O6. The SMILES string of the molecule is C=CC/C(C(=O)/C=C/c1ccc(OC)c(OC)c1)=C(O)\C=C\c1ccc(CO)c(CO)c1. The van der Waals surface area contributed by atoms with Gasteiger partial charge in [-0.15, -0.1) is 6.58 Å². The number of rotatable bonds is 11. The number of methoxy groups -OCH3 is 2. The van der Waals surface area contributed by atoms with Gasteiger partial charge in [-0.1, -0.05) is 36.4 Å². The second-order valence-corrected chi connectivity index (χ2v) is 6.85. The van der Waals surface area contributed by atoms with Gasteiger partial charge in [0.1, 0.15) is 5.76 Å². The molecule has 0 saturated heterocycles. The van der Waals surface area contributed by atoms with Crippen LogP contribution in [0.1, 0.15) is 28.7 Å². The lowest BCUT2D eigenvalue weighted by molar-refractivity contribution is -0.111. The average molecular weight is 437 g/mol. The van der Waals surface area contributed by atoms with Gasteiger partial charge in [-0.25, -0.2) is 0 Å². The van der Waals surface area contributed by atoms with Gasteiger partial charge < -0.3 is 24.8 Å². The molecule has 0 unspecified atom stereocenters. The molecule has 0 fully saturated rings. The molecule has 0 bridgehead atoms.